The Hall–Kier alpha value is -2.38. The first-order valence-electron chi connectivity index (χ1n) is 5.45. The predicted octanol–water partition coefficient (Wildman–Crippen LogP) is 3.59. The number of rotatable bonds is 3. The van der Waals surface area contributed by atoms with E-state index in [9.17, 15) is 0 Å². The Morgan fingerprint density at radius 1 is 1.16 bits per heavy atom. The number of nitrogen functional groups attached to an aromatic ring is 1. The minimum absolute atomic E-state index is 0.363. The zero-order valence-corrected chi connectivity index (χ0v) is 10.9. The van der Waals surface area contributed by atoms with E-state index in [0.717, 1.165) is 0 Å². The van der Waals surface area contributed by atoms with Crippen molar-refractivity contribution in [2.24, 2.45) is 0 Å². The summed E-state index contributed by atoms with van der Waals surface area (Å²) < 4.78 is 10.7. The molecule has 19 heavy (non-hydrogen) atoms. The second-order valence-corrected chi connectivity index (χ2v) is 4.19. The number of ether oxygens (including phenoxy) is 2. The molecule has 2 rings (SSSR count). The lowest BCUT2D eigenvalue weighted by Crippen LogP contribution is -1.94. The fourth-order valence-electron chi connectivity index (χ4n) is 1.58. The summed E-state index contributed by atoms with van der Waals surface area (Å²) in [5, 5.41) is 9.51. The number of nitrogens with zero attached hydrogens (tertiary/aromatic N) is 1. The Kier molecular flexibility index (Phi) is 3.79. The van der Waals surface area contributed by atoms with Crippen LogP contribution < -0.4 is 15.2 Å². The number of hydrogen-bond donors (Lipinski definition) is 1. The molecule has 0 atom stereocenters. The van der Waals surface area contributed by atoms with Gasteiger partial charge in [0.25, 0.3) is 0 Å². The molecule has 96 valence electrons. The Morgan fingerprint density at radius 3 is 2.53 bits per heavy atom. The van der Waals surface area contributed by atoms with Crippen molar-refractivity contribution in [2.45, 2.75) is 0 Å². The fourth-order valence-corrected chi connectivity index (χ4v) is 1.75. The van der Waals surface area contributed by atoms with Gasteiger partial charge >= 0.3 is 0 Å². The summed E-state index contributed by atoms with van der Waals surface area (Å²) in [4.78, 5) is 0. The summed E-state index contributed by atoms with van der Waals surface area (Å²) in [6.07, 6.45) is 0. The molecule has 0 saturated heterocycles. The van der Waals surface area contributed by atoms with Gasteiger partial charge in [-0.25, -0.2) is 0 Å². The van der Waals surface area contributed by atoms with Crippen molar-refractivity contribution in [3.8, 4) is 23.3 Å². The number of benzene rings is 2. The van der Waals surface area contributed by atoms with E-state index >= 15 is 0 Å². The van der Waals surface area contributed by atoms with Gasteiger partial charge in [0.2, 0.25) is 0 Å². The maximum Gasteiger partial charge on any atom is 0.145 e. The van der Waals surface area contributed by atoms with Crippen LogP contribution in [0.15, 0.2) is 36.4 Å². The fraction of sp³-hybridized carbons (Fsp3) is 0.0714. The second-order valence-electron chi connectivity index (χ2n) is 3.76. The van der Waals surface area contributed by atoms with Gasteiger partial charge in [-0.05, 0) is 30.3 Å². The molecule has 0 saturated carbocycles. The van der Waals surface area contributed by atoms with Gasteiger partial charge in [0.1, 0.15) is 23.3 Å². The third-order valence-corrected chi connectivity index (χ3v) is 2.73. The molecule has 0 spiro atoms. The SMILES string of the molecule is COc1ccc(Oc2ccc(Cl)cc2C#N)cc1N. The predicted molar refractivity (Wildman–Crippen MR) is 73.6 cm³/mol. The molecule has 0 fully saturated rings. The van der Waals surface area contributed by atoms with Gasteiger partial charge in [0, 0.05) is 11.1 Å². The van der Waals surface area contributed by atoms with Crippen molar-refractivity contribution in [1.82, 2.24) is 0 Å². The zero-order chi connectivity index (χ0) is 13.8. The van der Waals surface area contributed by atoms with Crippen LogP contribution in [0.4, 0.5) is 5.69 Å². The molecule has 0 bridgehead atoms. The smallest absolute Gasteiger partial charge is 0.145 e. The molecule has 0 aliphatic carbocycles. The van der Waals surface area contributed by atoms with Crippen LogP contribution in [0.1, 0.15) is 5.56 Å². The first-order valence-corrected chi connectivity index (χ1v) is 5.83. The summed E-state index contributed by atoms with van der Waals surface area (Å²) in [7, 11) is 1.54. The number of hydrogen-bond acceptors (Lipinski definition) is 4. The van der Waals surface area contributed by atoms with Crippen LogP contribution in [0.2, 0.25) is 5.02 Å². The van der Waals surface area contributed by atoms with Gasteiger partial charge in [-0.2, -0.15) is 5.26 Å². The van der Waals surface area contributed by atoms with E-state index in [0.29, 0.717) is 33.5 Å². The van der Waals surface area contributed by atoms with Crippen molar-refractivity contribution in [2.75, 3.05) is 12.8 Å². The summed E-state index contributed by atoms with van der Waals surface area (Å²) >= 11 is 5.82. The molecule has 0 amide bonds. The van der Waals surface area contributed by atoms with Gasteiger partial charge in [0.05, 0.1) is 18.4 Å². The first-order chi connectivity index (χ1) is 9.13. The Labute approximate surface area is 115 Å². The highest BCUT2D eigenvalue weighted by Gasteiger charge is 2.07. The molecule has 2 aromatic rings. The van der Waals surface area contributed by atoms with Gasteiger partial charge in [-0.1, -0.05) is 11.6 Å². The van der Waals surface area contributed by atoms with Crippen molar-refractivity contribution in [1.29, 1.82) is 5.26 Å². The van der Waals surface area contributed by atoms with Gasteiger partial charge in [-0.15, -0.1) is 0 Å². The van der Waals surface area contributed by atoms with Crippen molar-refractivity contribution >= 4 is 17.3 Å². The number of anilines is 1. The molecule has 0 aliphatic heterocycles. The summed E-state index contributed by atoms with van der Waals surface area (Å²) in [6, 6.07) is 11.9. The molecular formula is C14H11ClN2O2. The van der Waals surface area contributed by atoms with E-state index in [1.807, 2.05) is 6.07 Å². The molecule has 5 heteroatoms. The van der Waals surface area contributed by atoms with Crippen LogP contribution in [-0.4, -0.2) is 7.11 Å². The van der Waals surface area contributed by atoms with Crippen molar-refractivity contribution in [3.63, 3.8) is 0 Å². The monoisotopic (exact) mass is 274 g/mol. The minimum atomic E-state index is 0.363. The number of halogens is 1. The standard InChI is InChI=1S/C14H11ClN2O2/c1-18-14-5-3-11(7-12(14)17)19-13-4-2-10(15)6-9(13)8-16/h2-7H,17H2,1H3. The largest absolute Gasteiger partial charge is 0.495 e. The second kappa shape index (κ2) is 5.51. The van der Waals surface area contributed by atoms with Crippen LogP contribution in [0.3, 0.4) is 0 Å². The first kappa shape index (κ1) is 13.1. The highest BCUT2D eigenvalue weighted by Crippen LogP contribution is 2.31. The maximum atomic E-state index is 9.02. The molecule has 4 nitrogen and oxygen atoms in total. The molecule has 2 N–H and O–H groups in total. The summed E-state index contributed by atoms with van der Waals surface area (Å²) in [6.45, 7) is 0. The Morgan fingerprint density at radius 2 is 1.89 bits per heavy atom. The zero-order valence-electron chi connectivity index (χ0n) is 10.2. The number of nitrogens with two attached hydrogens (primary N) is 1. The van der Waals surface area contributed by atoms with E-state index in [-0.39, 0.29) is 0 Å². The summed E-state index contributed by atoms with van der Waals surface area (Å²) in [5.74, 6) is 1.53. The molecule has 0 aromatic heterocycles. The number of nitriles is 1. The van der Waals surface area contributed by atoms with Gasteiger partial charge in [0.15, 0.2) is 0 Å². The van der Waals surface area contributed by atoms with Crippen LogP contribution in [0.25, 0.3) is 0 Å². The highest BCUT2D eigenvalue weighted by atomic mass is 35.5. The van der Waals surface area contributed by atoms with E-state index in [1.54, 1.807) is 43.5 Å². The average molecular weight is 275 g/mol. The average Bonchev–Trinajstić information content (AvgIpc) is 2.41. The molecule has 0 heterocycles. The maximum absolute atomic E-state index is 9.02. The lowest BCUT2D eigenvalue weighted by Gasteiger charge is -2.10. The Bertz CT molecular complexity index is 650. The molecule has 0 unspecified atom stereocenters. The van der Waals surface area contributed by atoms with E-state index in [1.165, 1.54) is 0 Å². The van der Waals surface area contributed by atoms with E-state index in [4.69, 9.17) is 32.1 Å². The Balaban J connectivity index is 2.31. The van der Waals surface area contributed by atoms with Gasteiger partial charge in [-0.3, -0.25) is 0 Å². The molecular weight excluding hydrogens is 264 g/mol. The normalized spacial score (nSPS) is 9.74. The van der Waals surface area contributed by atoms with Crippen LogP contribution >= 0.6 is 11.6 Å². The van der Waals surface area contributed by atoms with Crippen LogP contribution in [0, 0.1) is 11.3 Å². The summed E-state index contributed by atoms with van der Waals surface area (Å²) in [5.41, 5.74) is 6.62. The van der Waals surface area contributed by atoms with E-state index in [2.05, 4.69) is 0 Å². The lowest BCUT2D eigenvalue weighted by molar-refractivity contribution is 0.415. The third kappa shape index (κ3) is 2.90. The molecule has 0 aliphatic rings. The minimum Gasteiger partial charge on any atom is -0.495 e. The van der Waals surface area contributed by atoms with Crippen molar-refractivity contribution < 1.29 is 9.47 Å². The van der Waals surface area contributed by atoms with Gasteiger partial charge < -0.3 is 15.2 Å². The third-order valence-electron chi connectivity index (χ3n) is 2.49. The highest BCUT2D eigenvalue weighted by molar-refractivity contribution is 6.30. The molecule has 2 aromatic carbocycles. The van der Waals surface area contributed by atoms with Crippen LogP contribution in [0.5, 0.6) is 17.2 Å². The number of methoxy groups -OCH3 is 1. The van der Waals surface area contributed by atoms with Crippen molar-refractivity contribution in [3.05, 3.63) is 47.0 Å². The molecule has 0 radical (unpaired) electrons. The quantitative estimate of drug-likeness (QED) is 0.869. The topological polar surface area (TPSA) is 68.3 Å². The van der Waals surface area contributed by atoms with E-state index < -0.39 is 0 Å². The van der Waals surface area contributed by atoms with Crippen LogP contribution in [-0.2, 0) is 0 Å². The lowest BCUT2D eigenvalue weighted by atomic mass is 10.2.